The first-order valence-corrected chi connectivity index (χ1v) is 5.89. The van der Waals surface area contributed by atoms with Crippen LogP contribution < -0.4 is 0 Å². The Labute approximate surface area is 98.4 Å². The van der Waals surface area contributed by atoms with Crippen molar-refractivity contribution in [1.29, 1.82) is 0 Å². The Morgan fingerprint density at radius 1 is 1.57 bits per heavy atom. The maximum Gasteiger partial charge on any atom is 0.147 e. The van der Waals surface area contributed by atoms with E-state index in [-0.39, 0.29) is 10.6 Å². The van der Waals surface area contributed by atoms with Crippen molar-refractivity contribution in [2.75, 3.05) is 0 Å². The van der Waals surface area contributed by atoms with E-state index in [2.05, 4.69) is 35.5 Å². The number of ketones is 1. The third-order valence-corrected chi connectivity index (χ3v) is 3.85. The SMILES string of the molecule is CCc1cccc(C(Br)C(C)=O)c1S. The Kier molecular flexibility index (Phi) is 4.20. The van der Waals surface area contributed by atoms with E-state index in [9.17, 15) is 4.79 Å². The van der Waals surface area contributed by atoms with Gasteiger partial charge in [-0.05, 0) is 24.5 Å². The van der Waals surface area contributed by atoms with Gasteiger partial charge in [0.15, 0.2) is 0 Å². The maximum absolute atomic E-state index is 11.2. The van der Waals surface area contributed by atoms with Gasteiger partial charge in [0.05, 0.1) is 4.83 Å². The molecule has 1 unspecified atom stereocenters. The summed E-state index contributed by atoms with van der Waals surface area (Å²) in [6.45, 7) is 3.65. The number of carbonyl (C=O) groups excluding carboxylic acids is 1. The Bertz CT molecular complexity index is 349. The first-order chi connectivity index (χ1) is 6.57. The summed E-state index contributed by atoms with van der Waals surface area (Å²) in [5.74, 6) is 0.105. The summed E-state index contributed by atoms with van der Waals surface area (Å²) in [7, 11) is 0. The fourth-order valence-corrected chi connectivity index (χ4v) is 2.31. The fraction of sp³-hybridized carbons (Fsp3) is 0.364. The van der Waals surface area contributed by atoms with Gasteiger partial charge in [-0.15, -0.1) is 12.6 Å². The number of thiol groups is 1. The van der Waals surface area contributed by atoms with Crippen LogP contribution in [0.25, 0.3) is 0 Å². The molecule has 0 aliphatic carbocycles. The monoisotopic (exact) mass is 272 g/mol. The fourth-order valence-electron chi connectivity index (χ4n) is 1.32. The molecule has 0 bridgehead atoms. The number of benzene rings is 1. The molecule has 1 nitrogen and oxygen atoms in total. The van der Waals surface area contributed by atoms with E-state index in [1.165, 1.54) is 5.56 Å². The highest BCUT2D eigenvalue weighted by atomic mass is 79.9. The molecular weight excluding hydrogens is 260 g/mol. The van der Waals surface area contributed by atoms with Gasteiger partial charge in [-0.25, -0.2) is 0 Å². The molecule has 0 amide bonds. The summed E-state index contributed by atoms with van der Waals surface area (Å²) in [5, 5.41) is 0. The van der Waals surface area contributed by atoms with E-state index in [0.717, 1.165) is 16.9 Å². The lowest BCUT2D eigenvalue weighted by atomic mass is 10.0. The second-order valence-electron chi connectivity index (χ2n) is 3.18. The lowest BCUT2D eigenvalue weighted by molar-refractivity contribution is -0.116. The quantitative estimate of drug-likeness (QED) is 0.658. The molecule has 1 atom stereocenters. The minimum atomic E-state index is -0.235. The predicted octanol–water partition coefficient (Wildman–Crippen LogP) is 3.56. The molecule has 0 spiro atoms. The molecule has 0 saturated heterocycles. The van der Waals surface area contributed by atoms with Crippen molar-refractivity contribution in [3.8, 4) is 0 Å². The van der Waals surface area contributed by atoms with Gasteiger partial charge in [-0.3, -0.25) is 4.79 Å². The van der Waals surface area contributed by atoms with Crippen molar-refractivity contribution in [3.63, 3.8) is 0 Å². The van der Waals surface area contributed by atoms with Crippen molar-refractivity contribution in [3.05, 3.63) is 29.3 Å². The molecule has 14 heavy (non-hydrogen) atoms. The zero-order chi connectivity index (χ0) is 10.7. The second kappa shape index (κ2) is 4.99. The van der Waals surface area contributed by atoms with Crippen LogP contribution in [0.4, 0.5) is 0 Å². The Morgan fingerprint density at radius 3 is 2.71 bits per heavy atom. The van der Waals surface area contributed by atoms with Crippen LogP contribution in [0.5, 0.6) is 0 Å². The number of carbonyl (C=O) groups is 1. The van der Waals surface area contributed by atoms with Crippen molar-refractivity contribution in [2.24, 2.45) is 0 Å². The molecule has 1 rings (SSSR count). The van der Waals surface area contributed by atoms with E-state index < -0.39 is 0 Å². The van der Waals surface area contributed by atoms with E-state index >= 15 is 0 Å². The number of alkyl halides is 1. The standard InChI is InChI=1S/C11H13BrOS/c1-3-8-5-4-6-9(11(8)14)10(12)7(2)13/h4-6,10,14H,3H2,1-2H3. The smallest absolute Gasteiger partial charge is 0.147 e. The normalized spacial score (nSPS) is 12.6. The van der Waals surface area contributed by atoms with E-state index in [1.807, 2.05) is 18.2 Å². The van der Waals surface area contributed by atoms with Crippen LogP contribution in [-0.4, -0.2) is 5.78 Å². The molecule has 0 heterocycles. The molecule has 0 N–H and O–H groups in total. The van der Waals surface area contributed by atoms with Gasteiger partial charge in [0, 0.05) is 4.90 Å². The molecule has 1 aromatic rings. The lowest BCUT2D eigenvalue weighted by Crippen LogP contribution is -2.03. The molecule has 1 aromatic carbocycles. The van der Waals surface area contributed by atoms with E-state index in [0.29, 0.717) is 0 Å². The van der Waals surface area contributed by atoms with Crippen LogP contribution in [0.15, 0.2) is 23.1 Å². The third kappa shape index (κ3) is 2.39. The van der Waals surface area contributed by atoms with Gasteiger partial charge in [-0.1, -0.05) is 41.1 Å². The molecule has 0 aliphatic rings. The van der Waals surface area contributed by atoms with Crippen LogP contribution in [-0.2, 0) is 11.2 Å². The van der Waals surface area contributed by atoms with Gasteiger partial charge in [0.2, 0.25) is 0 Å². The summed E-state index contributed by atoms with van der Waals surface area (Å²) in [6, 6.07) is 5.93. The number of rotatable bonds is 3. The molecule has 3 heteroatoms. The number of hydrogen-bond acceptors (Lipinski definition) is 2. The number of aryl methyl sites for hydroxylation is 1. The van der Waals surface area contributed by atoms with Gasteiger partial charge in [0.1, 0.15) is 5.78 Å². The Morgan fingerprint density at radius 2 is 2.21 bits per heavy atom. The highest BCUT2D eigenvalue weighted by molar-refractivity contribution is 9.09. The van der Waals surface area contributed by atoms with Crippen molar-refractivity contribution in [1.82, 2.24) is 0 Å². The first kappa shape index (κ1) is 11.8. The second-order valence-corrected chi connectivity index (χ2v) is 4.54. The molecule has 0 saturated carbocycles. The molecule has 0 radical (unpaired) electrons. The highest BCUT2D eigenvalue weighted by Crippen LogP contribution is 2.31. The molecular formula is C11H13BrOS. The van der Waals surface area contributed by atoms with Crippen molar-refractivity contribution < 1.29 is 4.79 Å². The number of hydrogen-bond donors (Lipinski definition) is 1. The minimum Gasteiger partial charge on any atom is -0.298 e. The average Bonchev–Trinajstić information content (AvgIpc) is 2.17. The summed E-state index contributed by atoms with van der Waals surface area (Å²) in [5.41, 5.74) is 2.14. The van der Waals surface area contributed by atoms with Crippen LogP contribution in [0.2, 0.25) is 0 Å². The minimum absolute atomic E-state index is 0.105. The molecule has 76 valence electrons. The van der Waals surface area contributed by atoms with Gasteiger partial charge in [-0.2, -0.15) is 0 Å². The predicted molar refractivity (Wildman–Crippen MR) is 65.4 cm³/mol. The number of halogens is 1. The van der Waals surface area contributed by atoms with Crippen molar-refractivity contribution in [2.45, 2.75) is 30.0 Å². The molecule has 0 aromatic heterocycles. The van der Waals surface area contributed by atoms with Crippen LogP contribution >= 0.6 is 28.6 Å². The van der Waals surface area contributed by atoms with Crippen molar-refractivity contribution >= 4 is 34.3 Å². The lowest BCUT2D eigenvalue weighted by Gasteiger charge is -2.12. The Hall–Kier alpha value is -0.280. The molecule has 0 fully saturated rings. The van der Waals surface area contributed by atoms with Crippen LogP contribution in [0, 0.1) is 0 Å². The summed E-state index contributed by atoms with van der Waals surface area (Å²) < 4.78 is 0. The highest BCUT2D eigenvalue weighted by Gasteiger charge is 2.16. The first-order valence-electron chi connectivity index (χ1n) is 4.53. The van der Waals surface area contributed by atoms with Crippen LogP contribution in [0.1, 0.15) is 29.8 Å². The van der Waals surface area contributed by atoms with E-state index in [1.54, 1.807) is 6.92 Å². The van der Waals surface area contributed by atoms with Gasteiger partial charge in [0.25, 0.3) is 0 Å². The maximum atomic E-state index is 11.2. The summed E-state index contributed by atoms with van der Waals surface area (Å²) in [6.07, 6.45) is 0.935. The number of Topliss-reactive ketones (excluding diaryl/α,β-unsaturated/α-hetero) is 1. The van der Waals surface area contributed by atoms with Crippen LogP contribution in [0.3, 0.4) is 0 Å². The van der Waals surface area contributed by atoms with E-state index in [4.69, 9.17) is 0 Å². The third-order valence-electron chi connectivity index (χ3n) is 2.16. The Balaban J connectivity index is 3.15. The zero-order valence-electron chi connectivity index (χ0n) is 8.25. The molecule has 0 aliphatic heterocycles. The largest absolute Gasteiger partial charge is 0.298 e. The zero-order valence-corrected chi connectivity index (χ0v) is 10.7. The van der Waals surface area contributed by atoms with Gasteiger partial charge < -0.3 is 0 Å². The average molecular weight is 273 g/mol. The topological polar surface area (TPSA) is 17.1 Å². The summed E-state index contributed by atoms with van der Waals surface area (Å²) in [4.78, 5) is 11.9. The summed E-state index contributed by atoms with van der Waals surface area (Å²) >= 11 is 7.81. The van der Waals surface area contributed by atoms with Gasteiger partial charge >= 0.3 is 0 Å².